The molecule has 7 amide bonds. The number of fused-ring (bicyclic) bond motifs is 4. The molecule has 0 spiro atoms. The van der Waals surface area contributed by atoms with Crippen LogP contribution < -0.4 is 26.6 Å². The Morgan fingerprint density at radius 1 is 0.865 bits per heavy atom. The van der Waals surface area contributed by atoms with Gasteiger partial charge in [0.05, 0.1) is 33.6 Å². The Morgan fingerprint density at radius 3 is 2.42 bits per heavy atom. The maximum absolute atomic E-state index is 14.3. The zero-order valence-electron chi connectivity index (χ0n) is 40.3. The summed E-state index contributed by atoms with van der Waals surface area (Å²) in [5.41, 5.74) is 9.58. The van der Waals surface area contributed by atoms with E-state index in [1.165, 1.54) is 12.1 Å². The Kier molecular flexibility index (Phi) is 13.7. The first-order valence-electron chi connectivity index (χ1n) is 25.1. The van der Waals surface area contributed by atoms with Crippen LogP contribution in [0, 0.1) is 5.92 Å². The summed E-state index contributed by atoms with van der Waals surface area (Å²) < 4.78 is 41.8. The van der Waals surface area contributed by atoms with Gasteiger partial charge < -0.3 is 26.2 Å². The number of carbonyl (C=O) groups is 7. The number of allylic oxidation sites excluding steroid dienone is 1. The number of likely N-dealkylation sites (tertiary alicyclic amines) is 1. The Hall–Kier alpha value is -7.97. The molecule has 3 aromatic heterocycles. The molecule has 5 aliphatic rings. The van der Waals surface area contributed by atoms with Crippen LogP contribution >= 0.6 is 0 Å². The van der Waals surface area contributed by atoms with Crippen molar-refractivity contribution < 1.29 is 46.7 Å². The standard InChI is InChI=1S/C53H54F3N11O7/c54-53(55,56)34-18-22-58-41(25-34)61-48(70)32-12-10-31(11-13-32)45-44-46-33(28-60-47(44)57)8-4-2-1-3-5-21-59-49(71)40-27-36(67(46)63-45)29-65(40)43(69)9-6-7-30-19-23-64(24-20-30)35-14-15-37-38(26-35)52(74)66(51(37)73)39-16-17-42(68)62-50(39)72/h4,8,10-15,18,22,25-26,28,30,36,39-40H,1-3,5-7,9,16-17,19-21,23-24,27,29H2,(H2,57,60)(H,59,71)(H,58,61,70)(H,62,68,72)/b8-4+/t36-,39?,40+/m0/s1. The van der Waals surface area contributed by atoms with Crippen LogP contribution in [-0.2, 0) is 25.4 Å². The van der Waals surface area contributed by atoms with E-state index in [0.717, 1.165) is 79.4 Å². The summed E-state index contributed by atoms with van der Waals surface area (Å²) in [6, 6.07) is 10.9. The number of hydrogen-bond donors (Lipinski definition) is 4. The lowest BCUT2D eigenvalue weighted by molar-refractivity contribution is -0.138. The van der Waals surface area contributed by atoms with E-state index in [0.29, 0.717) is 54.1 Å². The summed E-state index contributed by atoms with van der Waals surface area (Å²) >= 11 is 0. The molecule has 0 radical (unpaired) electrons. The number of hydrogen-bond acceptors (Lipinski definition) is 12. The lowest BCUT2D eigenvalue weighted by Crippen LogP contribution is -2.54. The molecule has 74 heavy (non-hydrogen) atoms. The quantitative estimate of drug-likeness (QED) is 0.113. The van der Waals surface area contributed by atoms with Gasteiger partial charge in [0.15, 0.2) is 0 Å². The Bertz CT molecular complexity index is 3110. The van der Waals surface area contributed by atoms with E-state index < -0.39 is 59.4 Å². The second kappa shape index (κ2) is 20.5. The molecular weight excluding hydrogens is 960 g/mol. The van der Waals surface area contributed by atoms with Crippen molar-refractivity contribution in [2.24, 2.45) is 5.92 Å². The number of carbonyl (C=O) groups excluding carboxylic acids is 7. The minimum absolute atomic E-state index is 0.0421. The van der Waals surface area contributed by atoms with E-state index in [9.17, 15) is 46.7 Å². The van der Waals surface area contributed by atoms with Gasteiger partial charge in [0.2, 0.25) is 23.6 Å². The van der Waals surface area contributed by atoms with E-state index in [4.69, 9.17) is 10.8 Å². The van der Waals surface area contributed by atoms with Crippen LogP contribution in [0.3, 0.4) is 0 Å². The number of aromatic nitrogens is 4. The van der Waals surface area contributed by atoms with Gasteiger partial charge >= 0.3 is 6.18 Å². The normalized spacial score (nSPS) is 21.3. The average Bonchev–Trinajstić information content (AvgIpc) is 4.08. The van der Waals surface area contributed by atoms with Gasteiger partial charge in [-0.15, -0.1) is 0 Å². The minimum atomic E-state index is -4.61. The number of alkyl halides is 3. The number of rotatable bonds is 9. The fourth-order valence-corrected chi connectivity index (χ4v) is 10.9. The third-order valence-corrected chi connectivity index (χ3v) is 14.8. The zero-order valence-corrected chi connectivity index (χ0v) is 40.3. The molecule has 3 atom stereocenters. The van der Waals surface area contributed by atoms with Gasteiger partial charge in [-0.1, -0.05) is 30.7 Å². The molecule has 18 nitrogen and oxygen atoms in total. The van der Waals surface area contributed by atoms with E-state index >= 15 is 0 Å². The molecule has 1 unspecified atom stereocenters. The first-order chi connectivity index (χ1) is 35.6. The van der Waals surface area contributed by atoms with Gasteiger partial charge in [-0.2, -0.15) is 18.3 Å². The lowest BCUT2D eigenvalue weighted by Gasteiger charge is -2.34. The molecule has 2 bridgehead atoms. The maximum Gasteiger partial charge on any atom is 0.416 e. The predicted molar refractivity (Wildman–Crippen MR) is 266 cm³/mol. The number of nitrogens with zero attached hydrogens (tertiary/aromatic N) is 7. The topological polar surface area (TPSA) is 235 Å². The van der Waals surface area contributed by atoms with Crippen molar-refractivity contribution in [3.05, 3.63) is 101 Å². The minimum Gasteiger partial charge on any atom is -0.383 e. The second-order valence-electron chi connectivity index (χ2n) is 19.6. The van der Waals surface area contributed by atoms with Gasteiger partial charge in [0.1, 0.15) is 29.4 Å². The summed E-state index contributed by atoms with van der Waals surface area (Å²) in [4.78, 5) is 106. The number of anilines is 3. The summed E-state index contributed by atoms with van der Waals surface area (Å²) in [5.74, 6) is -2.93. The molecular formula is C53H54F3N11O7. The summed E-state index contributed by atoms with van der Waals surface area (Å²) in [6.45, 7) is 2.08. The van der Waals surface area contributed by atoms with Crippen molar-refractivity contribution in [2.75, 3.05) is 42.1 Å². The molecule has 384 valence electrons. The molecule has 3 fully saturated rings. The van der Waals surface area contributed by atoms with Gasteiger partial charge in [-0.05, 0) is 99.7 Å². The number of benzene rings is 2. The van der Waals surface area contributed by atoms with Crippen LogP contribution in [0.25, 0.3) is 28.2 Å². The Labute approximate surface area is 422 Å². The summed E-state index contributed by atoms with van der Waals surface area (Å²) in [6.07, 6.45) is 9.22. The van der Waals surface area contributed by atoms with Crippen molar-refractivity contribution in [3.63, 3.8) is 0 Å². The van der Waals surface area contributed by atoms with E-state index in [1.54, 1.807) is 35.4 Å². The zero-order chi connectivity index (χ0) is 51.8. The molecule has 3 saturated heterocycles. The van der Waals surface area contributed by atoms with Crippen molar-refractivity contribution in [3.8, 4) is 11.3 Å². The van der Waals surface area contributed by atoms with Crippen molar-refractivity contribution in [1.29, 1.82) is 0 Å². The fraction of sp³-hybridized carbons (Fsp3) is 0.396. The molecule has 8 heterocycles. The van der Waals surface area contributed by atoms with Gasteiger partial charge in [-0.3, -0.25) is 48.5 Å². The van der Waals surface area contributed by atoms with Crippen LogP contribution in [0.4, 0.5) is 30.5 Å². The van der Waals surface area contributed by atoms with Gasteiger partial charge in [0, 0.05) is 80.2 Å². The molecule has 21 heteroatoms. The molecule has 10 rings (SSSR count). The first-order valence-corrected chi connectivity index (χ1v) is 25.1. The van der Waals surface area contributed by atoms with Crippen molar-refractivity contribution in [2.45, 2.75) is 101 Å². The monoisotopic (exact) mass is 1010 g/mol. The second-order valence-corrected chi connectivity index (χ2v) is 19.6. The molecule has 5 aliphatic heterocycles. The molecule has 0 aliphatic carbocycles. The highest BCUT2D eigenvalue weighted by Crippen LogP contribution is 2.40. The summed E-state index contributed by atoms with van der Waals surface area (Å²) in [7, 11) is 0. The van der Waals surface area contributed by atoms with Crippen molar-refractivity contribution >= 4 is 75.7 Å². The average molecular weight is 1010 g/mol. The largest absolute Gasteiger partial charge is 0.416 e. The predicted octanol–water partition coefficient (Wildman–Crippen LogP) is 6.68. The van der Waals surface area contributed by atoms with E-state index in [1.807, 2.05) is 16.8 Å². The third-order valence-electron chi connectivity index (χ3n) is 14.8. The maximum atomic E-state index is 14.3. The van der Waals surface area contributed by atoms with E-state index in [-0.39, 0.29) is 72.4 Å². The molecule has 2 aromatic carbocycles. The number of piperidine rings is 2. The highest BCUT2D eigenvalue weighted by atomic mass is 19.4. The van der Waals surface area contributed by atoms with Crippen molar-refractivity contribution in [1.82, 2.24) is 40.2 Å². The number of imide groups is 2. The highest BCUT2D eigenvalue weighted by Gasteiger charge is 2.45. The van der Waals surface area contributed by atoms with Gasteiger partial charge in [-0.25, -0.2) is 9.97 Å². The van der Waals surface area contributed by atoms with Crippen LogP contribution in [0.2, 0.25) is 0 Å². The number of halogens is 3. The fourth-order valence-electron chi connectivity index (χ4n) is 10.9. The number of nitrogens with one attached hydrogen (secondary N) is 3. The number of pyridine rings is 2. The Morgan fingerprint density at radius 2 is 1.65 bits per heavy atom. The van der Waals surface area contributed by atoms with E-state index in [2.05, 4.69) is 36.9 Å². The lowest BCUT2D eigenvalue weighted by atomic mass is 9.91. The number of nitrogen functional groups attached to an aromatic ring is 1. The van der Waals surface area contributed by atoms with Crippen LogP contribution in [0.5, 0.6) is 0 Å². The Balaban J connectivity index is 0.824. The highest BCUT2D eigenvalue weighted by molar-refractivity contribution is 6.23. The summed E-state index contributed by atoms with van der Waals surface area (Å²) in [5, 5.41) is 13.4. The SMILES string of the molecule is Nc1ncc2c3c1c(-c1ccc(C(=O)Nc4cc(C(F)(F)F)ccn4)cc1)nn3[C@H]1C[C@H](C(=O)NCCCCC/C=C/2)N(C(=O)CCCC2CCN(c3ccc4c(c3)C(=O)N(C3CCC(=O)NC3=O)C4=O)CC2)C1. The number of amides is 7. The third kappa shape index (κ3) is 9.93. The number of nitrogens with two attached hydrogens (primary N) is 1. The first kappa shape index (κ1) is 49.6. The molecule has 0 saturated carbocycles. The van der Waals surface area contributed by atoms with Crippen LogP contribution in [0.1, 0.15) is 125 Å². The van der Waals surface area contributed by atoms with Crippen LogP contribution in [0.15, 0.2) is 73.1 Å². The molecule has 5 N–H and O–H groups in total. The van der Waals surface area contributed by atoms with Gasteiger partial charge in [0.25, 0.3) is 17.7 Å². The smallest absolute Gasteiger partial charge is 0.383 e. The molecule has 5 aromatic rings. The van der Waals surface area contributed by atoms with Crippen LogP contribution in [-0.4, -0.2) is 109 Å².